The predicted molar refractivity (Wildman–Crippen MR) is 227 cm³/mol. The molecule has 2 fully saturated rings. The van der Waals surface area contributed by atoms with Gasteiger partial charge in [0.05, 0.1) is 0 Å². The van der Waals surface area contributed by atoms with Gasteiger partial charge in [-0.05, 0) is 86.2 Å². The molecule has 2 aliphatic rings. The van der Waals surface area contributed by atoms with Gasteiger partial charge in [-0.1, -0.05) is 214 Å². The van der Waals surface area contributed by atoms with Gasteiger partial charge >= 0.3 is 17.1 Å². The summed E-state index contributed by atoms with van der Waals surface area (Å²) in [6.07, 6.45) is 5.96. The Morgan fingerprint density at radius 3 is 0.731 bits per heavy atom. The van der Waals surface area contributed by atoms with Gasteiger partial charge in [-0.25, -0.2) is 0 Å². The van der Waals surface area contributed by atoms with E-state index in [1.807, 2.05) is 0 Å². The molecule has 0 nitrogen and oxygen atoms in total. The standard InChI is InChI=1S/C35H30.C13H27P.2CH3.Fe/c1-6-16-26(17-7-1)31-32(27-18-8-2-9-19-27)34(29-22-12-4-13-23-29)35(30-24-14-5-15-25-30)33(31)28-20-10-3-11-21-28;1-12(2,3)14(13(4,5)6)11-9-7-8-10-11;;;/h1-25,31-35H;11H,7-10H2,1-6H3;2*1H3;/q;;2*-1;+2. The Kier molecular flexibility index (Phi) is 16.2. The summed E-state index contributed by atoms with van der Waals surface area (Å²) in [4.78, 5) is 0. The molecule has 0 atom stereocenters. The van der Waals surface area contributed by atoms with Crippen LogP contribution >= 0.6 is 7.92 Å². The van der Waals surface area contributed by atoms with E-state index >= 15 is 0 Å². The van der Waals surface area contributed by atoms with Crippen molar-refractivity contribution in [1.82, 2.24) is 0 Å². The van der Waals surface area contributed by atoms with Crippen molar-refractivity contribution in [3.05, 3.63) is 194 Å². The van der Waals surface area contributed by atoms with E-state index in [1.165, 1.54) is 53.5 Å². The molecule has 5 aromatic rings. The maximum Gasteiger partial charge on any atom is 2.00 e. The van der Waals surface area contributed by atoms with E-state index in [0.717, 1.165) is 5.66 Å². The molecule has 276 valence electrons. The molecule has 0 bridgehead atoms. The third-order valence-corrected chi connectivity index (χ3v) is 15.1. The zero-order valence-corrected chi connectivity index (χ0v) is 35.0. The van der Waals surface area contributed by atoms with Crippen molar-refractivity contribution < 1.29 is 17.1 Å². The molecular formula is C50H63FeP. The second-order valence-corrected chi connectivity index (χ2v) is 20.5. The molecule has 0 amide bonds. The molecule has 0 saturated heterocycles. The van der Waals surface area contributed by atoms with Crippen LogP contribution in [0.25, 0.3) is 0 Å². The van der Waals surface area contributed by atoms with Crippen molar-refractivity contribution in [3.63, 3.8) is 0 Å². The number of benzene rings is 5. The van der Waals surface area contributed by atoms with Crippen molar-refractivity contribution >= 4 is 7.92 Å². The summed E-state index contributed by atoms with van der Waals surface area (Å²) < 4.78 is 0. The SMILES string of the molecule is CC(C)(C)P(C1CCCC1)C(C)(C)C.[CH3-].[CH3-].[Fe+2].c1ccc(C2C(c3ccccc3)C(c3ccccc3)C(c3ccccc3)C2c2ccccc2)cc1. The second-order valence-electron chi connectivity index (χ2n) is 16.3. The molecule has 0 heterocycles. The van der Waals surface area contributed by atoms with E-state index < -0.39 is 0 Å². The zero-order chi connectivity index (χ0) is 34.4. The van der Waals surface area contributed by atoms with Crippen LogP contribution in [0, 0.1) is 14.9 Å². The van der Waals surface area contributed by atoms with Gasteiger partial charge in [0.2, 0.25) is 0 Å². The summed E-state index contributed by atoms with van der Waals surface area (Å²) in [5.74, 6) is 1.79. The molecule has 0 spiro atoms. The number of hydrogen-bond donors (Lipinski definition) is 0. The van der Waals surface area contributed by atoms with E-state index in [9.17, 15) is 0 Å². The van der Waals surface area contributed by atoms with Crippen molar-refractivity contribution in [2.75, 3.05) is 0 Å². The monoisotopic (exact) mass is 750 g/mol. The summed E-state index contributed by atoms with van der Waals surface area (Å²) in [7, 11) is 0.156. The van der Waals surface area contributed by atoms with Gasteiger partial charge < -0.3 is 14.9 Å². The molecule has 52 heavy (non-hydrogen) atoms. The van der Waals surface area contributed by atoms with Crippen molar-refractivity contribution in [1.29, 1.82) is 0 Å². The smallest absolute Gasteiger partial charge is 0.358 e. The van der Waals surface area contributed by atoms with E-state index in [0.29, 0.717) is 39.9 Å². The average Bonchev–Trinajstić information content (AvgIpc) is 3.76. The molecule has 0 N–H and O–H groups in total. The van der Waals surface area contributed by atoms with Crippen LogP contribution in [-0.2, 0) is 17.1 Å². The normalized spacial score (nSPS) is 21.6. The Hall–Kier alpha value is -2.95. The van der Waals surface area contributed by atoms with E-state index in [2.05, 4.69) is 193 Å². The molecule has 2 heteroatoms. The predicted octanol–water partition coefficient (Wildman–Crippen LogP) is 14.8. The van der Waals surface area contributed by atoms with E-state index in [-0.39, 0.29) is 39.8 Å². The van der Waals surface area contributed by atoms with Gasteiger partial charge in [0.15, 0.2) is 0 Å². The van der Waals surface area contributed by atoms with Gasteiger partial charge in [0.25, 0.3) is 0 Å². The third-order valence-electron chi connectivity index (χ3n) is 11.0. The molecule has 0 aliphatic heterocycles. The van der Waals surface area contributed by atoms with Crippen molar-refractivity contribution in [2.45, 2.75) is 113 Å². The molecule has 0 unspecified atom stereocenters. The second kappa shape index (κ2) is 19.4. The van der Waals surface area contributed by atoms with Crippen molar-refractivity contribution in [2.24, 2.45) is 0 Å². The summed E-state index contributed by atoms with van der Waals surface area (Å²) in [5, 5.41) is 1.06. The fourth-order valence-electron chi connectivity index (χ4n) is 9.83. The van der Waals surface area contributed by atoms with E-state index in [4.69, 9.17) is 0 Å². The van der Waals surface area contributed by atoms with Crippen LogP contribution in [0.4, 0.5) is 0 Å². The number of hydrogen-bond acceptors (Lipinski definition) is 0. The summed E-state index contributed by atoms with van der Waals surface area (Å²) >= 11 is 0. The topological polar surface area (TPSA) is 0 Å². The quantitative estimate of drug-likeness (QED) is 0.0921. The summed E-state index contributed by atoms with van der Waals surface area (Å²) in [5.41, 5.74) is 8.17. The molecule has 2 aliphatic carbocycles. The molecular weight excluding hydrogens is 687 g/mol. The summed E-state index contributed by atoms with van der Waals surface area (Å²) in [6, 6.07) is 56.1. The van der Waals surface area contributed by atoms with Gasteiger partial charge in [0.1, 0.15) is 0 Å². The molecule has 5 aromatic carbocycles. The Morgan fingerprint density at radius 1 is 0.365 bits per heavy atom. The van der Waals surface area contributed by atoms with Crippen LogP contribution in [0.3, 0.4) is 0 Å². The fraction of sp³-hybridized carbons (Fsp3) is 0.360. The minimum absolute atomic E-state index is 0. The molecule has 7 rings (SSSR count). The van der Waals surface area contributed by atoms with Gasteiger partial charge in [-0.2, -0.15) is 0 Å². The Balaban J connectivity index is 0.000000367. The Morgan fingerprint density at radius 2 is 0.558 bits per heavy atom. The first-order valence-corrected chi connectivity index (χ1v) is 20.1. The molecule has 0 aromatic heterocycles. The minimum atomic E-state index is 0. The van der Waals surface area contributed by atoms with Crippen LogP contribution in [-0.4, -0.2) is 16.0 Å². The minimum Gasteiger partial charge on any atom is -0.358 e. The van der Waals surface area contributed by atoms with Crippen LogP contribution < -0.4 is 0 Å². The third kappa shape index (κ3) is 9.97. The molecule has 2 saturated carbocycles. The van der Waals surface area contributed by atoms with Crippen LogP contribution in [0.15, 0.2) is 152 Å². The first-order chi connectivity index (χ1) is 23.6. The maximum absolute atomic E-state index is 2.45. The maximum atomic E-state index is 2.45. The van der Waals surface area contributed by atoms with Gasteiger partial charge in [-0.3, -0.25) is 0 Å². The first-order valence-electron chi connectivity index (χ1n) is 18.7. The van der Waals surface area contributed by atoms with Crippen LogP contribution in [0.5, 0.6) is 0 Å². The Labute approximate surface area is 330 Å². The first kappa shape index (κ1) is 43.5. The van der Waals surface area contributed by atoms with Gasteiger partial charge in [0, 0.05) is 0 Å². The average molecular weight is 751 g/mol. The number of rotatable bonds is 6. The summed E-state index contributed by atoms with van der Waals surface area (Å²) in [6.45, 7) is 14.7. The van der Waals surface area contributed by atoms with Crippen molar-refractivity contribution in [3.8, 4) is 0 Å². The van der Waals surface area contributed by atoms with Crippen LogP contribution in [0.2, 0.25) is 0 Å². The van der Waals surface area contributed by atoms with Crippen LogP contribution in [0.1, 0.15) is 125 Å². The molecule has 0 radical (unpaired) electrons. The zero-order valence-electron chi connectivity index (χ0n) is 33.0. The Bertz CT molecular complexity index is 1410. The largest absolute Gasteiger partial charge is 2.00 e. The fourth-order valence-corrected chi connectivity index (χ4v) is 14.9. The van der Waals surface area contributed by atoms with Gasteiger partial charge in [-0.15, -0.1) is 0 Å². The van der Waals surface area contributed by atoms with E-state index in [1.54, 1.807) is 0 Å².